The molecule has 0 bridgehead atoms. The lowest BCUT2D eigenvalue weighted by molar-refractivity contribution is -0.127. The number of carbonyl (C=O) groups excluding carboxylic acids is 1. The van der Waals surface area contributed by atoms with E-state index in [1.165, 1.54) is 0 Å². The monoisotopic (exact) mass is 225 g/mol. The van der Waals surface area contributed by atoms with Crippen LogP contribution in [0.2, 0.25) is 0 Å². The summed E-state index contributed by atoms with van der Waals surface area (Å²) in [5.41, 5.74) is -0.590. The zero-order chi connectivity index (χ0) is 12.3. The van der Waals surface area contributed by atoms with Crippen molar-refractivity contribution in [1.29, 1.82) is 0 Å². The van der Waals surface area contributed by atoms with Crippen molar-refractivity contribution in [3.05, 3.63) is 12.2 Å². The molecule has 0 aliphatic heterocycles. The first-order chi connectivity index (χ1) is 7.38. The second kappa shape index (κ2) is 4.61. The standard InChI is InChI=1S/C10H19N5O/c1-7(8-14-12-6-15(8)5)13-9(16)10(2,3)11-4/h6-7,11H,1-5H3,(H,13,16). The van der Waals surface area contributed by atoms with E-state index < -0.39 is 5.54 Å². The third-order valence-electron chi connectivity index (χ3n) is 2.67. The van der Waals surface area contributed by atoms with Crippen LogP contribution in [0.1, 0.15) is 32.6 Å². The normalized spacial score (nSPS) is 13.6. The number of amides is 1. The van der Waals surface area contributed by atoms with E-state index in [0.29, 0.717) is 0 Å². The lowest BCUT2D eigenvalue weighted by atomic mass is 10.0. The molecule has 0 saturated carbocycles. The molecule has 1 unspecified atom stereocenters. The summed E-state index contributed by atoms with van der Waals surface area (Å²) in [5, 5.41) is 13.6. The molecule has 0 radical (unpaired) electrons. The molecule has 0 aromatic carbocycles. The fourth-order valence-electron chi connectivity index (χ4n) is 1.24. The van der Waals surface area contributed by atoms with Gasteiger partial charge in [0.2, 0.25) is 5.91 Å². The number of aromatic nitrogens is 3. The van der Waals surface area contributed by atoms with Gasteiger partial charge < -0.3 is 15.2 Å². The first-order valence-electron chi connectivity index (χ1n) is 5.22. The Kier molecular flexibility index (Phi) is 3.64. The maximum absolute atomic E-state index is 11.9. The van der Waals surface area contributed by atoms with E-state index >= 15 is 0 Å². The van der Waals surface area contributed by atoms with E-state index in [9.17, 15) is 4.79 Å². The Morgan fingerprint density at radius 1 is 1.56 bits per heavy atom. The molecule has 1 rings (SSSR count). The van der Waals surface area contributed by atoms with Crippen molar-refractivity contribution in [3.8, 4) is 0 Å². The van der Waals surface area contributed by atoms with Crippen LogP contribution in [0.5, 0.6) is 0 Å². The Morgan fingerprint density at radius 3 is 2.62 bits per heavy atom. The van der Waals surface area contributed by atoms with Gasteiger partial charge in [0.25, 0.3) is 0 Å². The Bertz CT molecular complexity index is 371. The number of hydrogen-bond acceptors (Lipinski definition) is 4. The molecular formula is C10H19N5O. The summed E-state index contributed by atoms with van der Waals surface area (Å²) in [5.74, 6) is 0.672. The summed E-state index contributed by atoms with van der Waals surface area (Å²) in [6, 6.07) is -0.160. The fourth-order valence-corrected chi connectivity index (χ4v) is 1.24. The molecule has 1 atom stereocenters. The topological polar surface area (TPSA) is 71.8 Å². The summed E-state index contributed by atoms with van der Waals surface area (Å²) in [7, 11) is 3.60. The second-order valence-corrected chi connectivity index (χ2v) is 4.37. The molecule has 1 aromatic rings. The molecule has 6 heteroatoms. The highest BCUT2D eigenvalue weighted by molar-refractivity contribution is 5.85. The average Bonchev–Trinajstić information content (AvgIpc) is 2.64. The molecule has 1 amide bonds. The van der Waals surface area contributed by atoms with Crippen LogP contribution in [-0.4, -0.2) is 33.3 Å². The lowest BCUT2D eigenvalue weighted by Crippen LogP contribution is -2.51. The fraction of sp³-hybridized carbons (Fsp3) is 0.700. The van der Waals surface area contributed by atoms with Crippen molar-refractivity contribution in [2.24, 2.45) is 7.05 Å². The van der Waals surface area contributed by atoms with Crippen molar-refractivity contribution in [1.82, 2.24) is 25.4 Å². The van der Waals surface area contributed by atoms with Gasteiger partial charge in [-0.1, -0.05) is 0 Å². The molecule has 90 valence electrons. The van der Waals surface area contributed by atoms with Crippen molar-refractivity contribution in [3.63, 3.8) is 0 Å². The van der Waals surface area contributed by atoms with E-state index in [-0.39, 0.29) is 11.9 Å². The van der Waals surface area contributed by atoms with Gasteiger partial charge in [-0.2, -0.15) is 0 Å². The van der Waals surface area contributed by atoms with Crippen LogP contribution in [0.3, 0.4) is 0 Å². The molecule has 0 aliphatic rings. The van der Waals surface area contributed by atoms with Gasteiger partial charge in [0.05, 0.1) is 11.6 Å². The van der Waals surface area contributed by atoms with Crippen LogP contribution in [0.15, 0.2) is 6.33 Å². The SMILES string of the molecule is CNC(C)(C)C(=O)NC(C)c1nncn1C. The first kappa shape index (κ1) is 12.6. The highest BCUT2D eigenvalue weighted by Gasteiger charge is 2.27. The summed E-state index contributed by atoms with van der Waals surface area (Å²) < 4.78 is 1.79. The molecule has 1 heterocycles. The molecular weight excluding hydrogens is 206 g/mol. The van der Waals surface area contributed by atoms with Crippen LogP contribution in [-0.2, 0) is 11.8 Å². The van der Waals surface area contributed by atoms with Crippen molar-refractivity contribution in [2.45, 2.75) is 32.4 Å². The maximum atomic E-state index is 11.9. The molecule has 16 heavy (non-hydrogen) atoms. The van der Waals surface area contributed by atoms with Crippen LogP contribution >= 0.6 is 0 Å². The van der Waals surface area contributed by atoms with E-state index in [1.54, 1.807) is 17.9 Å². The third kappa shape index (κ3) is 2.57. The van der Waals surface area contributed by atoms with Crippen LogP contribution in [0.4, 0.5) is 0 Å². The smallest absolute Gasteiger partial charge is 0.240 e. The molecule has 0 aliphatic carbocycles. The number of hydrogen-bond donors (Lipinski definition) is 2. The van der Waals surface area contributed by atoms with Gasteiger partial charge in [0.1, 0.15) is 6.33 Å². The Morgan fingerprint density at radius 2 is 2.19 bits per heavy atom. The molecule has 6 nitrogen and oxygen atoms in total. The predicted molar refractivity (Wildman–Crippen MR) is 60.7 cm³/mol. The molecule has 0 spiro atoms. The zero-order valence-corrected chi connectivity index (χ0v) is 10.4. The van der Waals surface area contributed by atoms with E-state index in [0.717, 1.165) is 5.82 Å². The molecule has 1 aromatic heterocycles. The van der Waals surface area contributed by atoms with Gasteiger partial charge in [-0.3, -0.25) is 4.79 Å². The predicted octanol–water partition coefficient (Wildman–Crippen LogP) is -0.00970. The van der Waals surface area contributed by atoms with Crippen LogP contribution < -0.4 is 10.6 Å². The quantitative estimate of drug-likeness (QED) is 0.756. The molecule has 0 saturated heterocycles. The minimum absolute atomic E-state index is 0.0644. The third-order valence-corrected chi connectivity index (χ3v) is 2.67. The summed E-state index contributed by atoms with van der Waals surface area (Å²) >= 11 is 0. The number of rotatable bonds is 4. The Hall–Kier alpha value is -1.43. The Balaban J connectivity index is 2.69. The highest BCUT2D eigenvalue weighted by atomic mass is 16.2. The van der Waals surface area contributed by atoms with Gasteiger partial charge in [-0.05, 0) is 27.8 Å². The van der Waals surface area contributed by atoms with Crippen molar-refractivity contribution < 1.29 is 4.79 Å². The van der Waals surface area contributed by atoms with Gasteiger partial charge in [-0.25, -0.2) is 0 Å². The van der Waals surface area contributed by atoms with Gasteiger partial charge >= 0.3 is 0 Å². The van der Waals surface area contributed by atoms with Crippen molar-refractivity contribution in [2.75, 3.05) is 7.05 Å². The number of carbonyl (C=O) groups is 1. The lowest BCUT2D eigenvalue weighted by Gasteiger charge is -2.25. The highest BCUT2D eigenvalue weighted by Crippen LogP contribution is 2.10. The largest absolute Gasteiger partial charge is 0.345 e. The van der Waals surface area contributed by atoms with Crippen molar-refractivity contribution >= 4 is 5.91 Å². The minimum atomic E-state index is -0.590. The number of nitrogens with one attached hydrogen (secondary N) is 2. The van der Waals surface area contributed by atoms with Gasteiger partial charge in [0.15, 0.2) is 5.82 Å². The number of likely N-dealkylation sites (N-methyl/N-ethyl adjacent to an activating group) is 1. The number of nitrogens with zero attached hydrogens (tertiary/aromatic N) is 3. The average molecular weight is 225 g/mol. The Labute approximate surface area is 95.4 Å². The first-order valence-corrected chi connectivity index (χ1v) is 5.22. The molecule has 0 fully saturated rings. The maximum Gasteiger partial charge on any atom is 0.240 e. The summed E-state index contributed by atoms with van der Waals surface area (Å²) in [6.07, 6.45) is 1.61. The zero-order valence-electron chi connectivity index (χ0n) is 10.4. The van der Waals surface area contributed by atoms with Crippen LogP contribution in [0.25, 0.3) is 0 Å². The van der Waals surface area contributed by atoms with Gasteiger partial charge in [0, 0.05) is 7.05 Å². The minimum Gasteiger partial charge on any atom is -0.345 e. The van der Waals surface area contributed by atoms with E-state index in [4.69, 9.17) is 0 Å². The van der Waals surface area contributed by atoms with Crippen LogP contribution in [0, 0.1) is 0 Å². The van der Waals surface area contributed by atoms with E-state index in [1.807, 2.05) is 27.8 Å². The summed E-state index contributed by atoms with van der Waals surface area (Å²) in [4.78, 5) is 11.9. The summed E-state index contributed by atoms with van der Waals surface area (Å²) in [6.45, 7) is 5.53. The second-order valence-electron chi connectivity index (χ2n) is 4.37. The number of aryl methyl sites for hydroxylation is 1. The molecule has 2 N–H and O–H groups in total. The van der Waals surface area contributed by atoms with E-state index in [2.05, 4.69) is 20.8 Å². The van der Waals surface area contributed by atoms with Gasteiger partial charge in [-0.15, -0.1) is 10.2 Å².